The highest BCUT2D eigenvalue weighted by molar-refractivity contribution is 8.00. The van der Waals surface area contributed by atoms with Crippen LogP contribution in [0.4, 0.5) is 0 Å². The van der Waals surface area contributed by atoms with E-state index in [1.165, 1.54) is 6.26 Å². The Morgan fingerprint density at radius 1 is 0.872 bits per heavy atom. The van der Waals surface area contributed by atoms with Crippen LogP contribution in [0.5, 0.6) is 0 Å². The Hall–Kier alpha value is -2.72. The van der Waals surface area contributed by atoms with Crippen LogP contribution in [-0.2, 0) is 9.84 Å². The van der Waals surface area contributed by atoms with Gasteiger partial charge >= 0.3 is 0 Å². The highest BCUT2D eigenvalue weighted by atomic mass is 35.5. The molecule has 3 aromatic carbocycles. The quantitative estimate of drug-likeness (QED) is 0.428. The summed E-state index contributed by atoms with van der Waals surface area (Å²) >= 11 is 12.3. The second-order valence-corrected chi connectivity index (χ2v) is 12.7. The number of rotatable bonds is 7. The molecule has 0 unspecified atom stereocenters. The Morgan fingerprint density at radius 2 is 1.41 bits per heavy atom. The molecule has 2 saturated heterocycles. The van der Waals surface area contributed by atoms with Crippen LogP contribution in [-0.4, -0.2) is 69.8 Å². The van der Waals surface area contributed by atoms with Crippen LogP contribution in [0.25, 0.3) is 4.91 Å². The fourth-order valence-corrected chi connectivity index (χ4v) is 6.60. The third kappa shape index (κ3) is 6.54. The zero-order chi connectivity index (χ0) is 27.6. The minimum Gasteiger partial charge on any atom is -0.314 e. The van der Waals surface area contributed by atoms with Crippen LogP contribution in [0.3, 0.4) is 0 Å². The van der Waals surface area contributed by atoms with Crippen molar-refractivity contribution in [2.24, 2.45) is 0 Å². The average molecular weight is 586 g/mol. The SMILES string of the molecule is CS(=O)(=O)C(=C1CN(C(c2ccc(Cl)cc2)c2ccc(Cl)cc2)C1)c1cccc(C(=O)NN2CCNCC2)c1. The second-order valence-electron chi connectivity index (χ2n) is 9.87. The van der Waals surface area contributed by atoms with Gasteiger partial charge in [-0.1, -0.05) is 59.6 Å². The van der Waals surface area contributed by atoms with E-state index in [1.54, 1.807) is 24.3 Å². The van der Waals surface area contributed by atoms with Gasteiger partial charge in [0.15, 0.2) is 9.84 Å². The molecule has 2 heterocycles. The van der Waals surface area contributed by atoms with Crippen LogP contribution < -0.4 is 10.7 Å². The van der Waals surface area contributed by atoms with Crippen molar-refractivity contribution in [2.45, 2.75) is 6.04 Å². The molecule has 204 valence electrons. The van der Waals surface area contributed by atoms with Gasteiger partial charge in [0, 0.05) is 61.1 Å². The van der Waals surface area contributed by atoms with Crippen molar-refractivity contribution in [3.05, 3.63) is 111 Å². The van der Waals surface area contributed by atoms with Crippen LogP contribution in [0.15, 0.2) is 78.4 Å². The fraction of sp³-hybridized carbons (Fsp3) is 0.276. The van der Waals surface area contributed by atoms with E-state index in [1.807, 2.05) is 53.5 Å². The molecule has 7 nitrogen and oxygen atoms in total. The predicted octanol–water partition coefficient (Wildman–Crippen LogP) is 4.40. The normalized spacial score (nSPS) is 16.7. The van der Waals surface area contributed by atoms with Gasteiger partial charge in [0.2, 0.25) is 0 Å². The first-order chi connectivity index (χ1) is 18.7. The number of carbonyl (C=O) groups excluding carboxylic acids is 1. The lowest BCUT2D eigenvalue weighted by atomic mass is 9.92. The van der Waals surface area contributed by atoms with Crippen LogP contribution in [0, 0.1) is 0 Å². The largest absolute Gasteiger partial charge is 0.314 e. The van der Waals surface area contributed by atoms with Crippen LogP contribution >= 0.6 is 23.2 Å². The summed E-state index contributed by atoms with van der Waals surface area (Å²) in [6.07, 6.45) is 1.22. The molecule has 5 rings (SSSR count). The van der Waals surface area contributed by atoms with E-state index in [4.69, 9.17) is 23.2 Å². The number of piperazine rings is 1. The van der Waals surface area contributed by atoms with E-state index in [0.29, 0.717) is 47.4 Å². The molecule has 3 aromatic rings. The summed E-state index contributed by atoms with van der Waals surface area (Å²) in [6, 6.07) is 22.1. The van der Waals surface area contributed by atoms with E-state index in [9.17, 15) is 13.2 Å². The molecule has 2 N–H and O–H groups in total. The van der Waals surface area contributed by atoms with E-state index in [0.717, 1.165) is 29.8 Å². The van der Waals surface area contributed by atoms with Gasteiger partial charge < -0.3 is 5.32 Å². The van der Waals surface area contributed by atoms with Gasteiger partial charge in [0.25, 0.3) is 5.91 Å². The maximum atomic E-state index is 13.0. The maximum Gasteiger partial charge on any atom is 0.265 e. The number of hydrazine groups is 1. The second kappa shape index (κ2) is 11.8. The molecular weight excluding hydrogens is 555 g/mol. The number of hydrogen-bond donors (Lipinski definition) is 2. The van der Waals surface area contributed by atoms with E-state index in [-0.39, 0.29) is 16.9 Å². The third-order valence-corrected chi connectivity index (χ3v) is 8.75. The Bertz CT molecular complexity index is 1430. The molecule has 0 aliphatic carbocycles. The molecule has 1 amide bonds. The van der Waals surface area contributed by atoms with E-state index < -0.39 is 9.84 Å². The van der Waals surface area contributed by atoms with Crippen molar-refractivity contribution in [1.29, 1.82) is 0 Å². The lowest BCUT2D eigenvalue weighted by Gasteiger charge is -2.42. The monoisotopic (exact) mass is 584 g/mol. The summed E-state index contributed by atoms with van der Waals surface area (Å²) in [6.45, 7) is 3.96. The molecule has 39 heavy (non-hydrogen) atoms. The van der Waals surface area contributed by atoms with Gasteiger partial charge in [-0.2, -0.15) is 0 Å². The van der Waals surface area contributed by atoms with Crippen molar-refractivity contribution in [3.63, 3.8) is 0 Å². The number of hydrogen-bond acceptors (Lipinski definition) is 6. The Kier molecular flexibility index (Phi) is 8.42. The molecule has 0 radical (unpaired) electrons. The smallest absolute Gasteiger partial charge is 0.265 e. The summed E-state index contributed by atoms with van der Waals surface area (Å²) in [7, 11) is -3.57. The summed E-state index contributed by atoms with van der Waals surface area (Å²) < 4.78 is 26.1. The number of nitrogens with zero attached hydrogens (tertiary/aromatic N) is 2. The summed E-state index contributed by atoms with van der Waals surface area (Å²) in [5.74, 6) is -0.252. The van der Waals surface area contributed by atoms with Crippen molar-refractivity contribution in [3.8, 4) is 0 Å². The van der Waals surface area contributed by atoms with Crippen LogP contribution in [0.2, 0.25) is 10.0 Å². The molecule has 2 aliphatic heterocycles. The molecule has 2 fully saturated rings. The fourth-order valence-electron chi connectivity index (χ4n) is 5.14. The minimum atomic E-state index is -3.57. The number of halogens is 2. The summed E-state index contributed by atoms with van der Waals surface area (Å²) in [5.41, 5.74) is 6.78. The predicted molar refractivity (Wildman–Crippen MR) is 156 cm³/mol. The Labute approximate surface area is 239 Å². The standard InChI is InChI=1S/C29H30Cl2N4O3S/c1-39(37,38)28(22-3-2-4-23(17-22)29(36)33-35-15-13-32-14-16-35)24-18-34(19-24)27(20-5-9-25(30)10-6-20)21-7-11-26(31)12-8-21/h2-12,17,27,32H,13-16,18-19H2,1H3,(H,33,36). The topological polar surface area (TPSA) is 81.8 Å². The molecule has 0 atom stereocenters. The van der Waals surface area contributed by atoms with Gasteiger partial charge in [-0.3, -0.25) is 15.1 Å². The maximum absolute atomic E-state index is 13.0. The Morgan fingerprint density at radius 3 is 1.95 bits per heavy atom. The number of amides is 1. The highest BCUT2D eigenvalue weighted by Gasteiger charge is 2.34. The molecule has 0 saturated carbocycles. The first kappa shape index (κ1) is 27.8. The van der Waals surface area contributed by atoms with E-state index in [2.05, 4.69) is 15.6 Å². The van der Waals surface area contributed by atoms with E-state index >= 15 is 0 Å². The van der Waals surface area contributed by atoms with Crippen molar-refractivity contribution < 1.29 is 13.2 Å². The number of benzene rings is 3. The number of likely N-dealkylation sites (tertiary alicyclic amines) is 1. The molecule has 0 spiro atoms. The van der Waals surface area contributed by atoms with Crippen molar-refractivity contribution in [1.82, 2.24) is 20.7 Å². The lowest BCUT2D eigenvalue weighted by molar-refractivity contribution is 0.0765. The highest BCUT2D eigenvalue weighted by Crippen LogP contribution is 2.38. The zero-order valence-corrected chi connectivity index (χ0v) is 23.9. The molecular formula is C29H30Cl2N4O3S. The van der Waals surface area contributed by atoms with Crippen molar-refractivity contribution >= 4 is 43.9 Å². The Balaban J connectivity index is 1.43. The molecule has 0 aromatic heterocycles. The number of sulfone groups is 1. The molecule has 0 bridgehead atoms. The first-order valence-electron chi connectivity index (χ1n) is 12.7. The van der Waals surface area contributed by atoms with Gasteiger partial charge in [0.1, 0.15) is 0 Å². The average Bonchev–Trinajstić information content (AvgIpc) is 2.89. The molecule has 2 aliphatic rings. The first-order valence-corrected chi connectivity index (χ1v) is 15.4. The third-order valence-electron chi connectivity index (χ3n) is 6.98. The van der Waals surface area contributed by atoms with Crippen molar-refractivity contribution in [2.75, 3.05) is 45.5 Å². The van der Waals surface area contributed by atoms with Gasteiger partial charge in [-0.25, -0.2) is 13.4 Å². The molecule has 10 heteroatoms. The summed E-state index contributed by atoms with van der Waals surface area (Å²) in [4.78, 5) is 15.4. The zero-order valence-electron chi connectivity index (χ0n) is 21.5. The number of carbonyl (C=O) groups is 1. The van der Waals surface area contributed by atoms with Gasteiger partial charge in [-0.15, -0.1) is 0 Å². The summed E-state index contributed by atoms with van der Waals surface area (Å²) in [5, 5.41) is 6.43. The lowest BCUT2D eigenvalue weighted by Crippen LogP contribution is -2.52. The number of nitrogens with one attached hydrogen (secondary N) is 2. The minimum absolute atomic E-state index is 0.0970. The van der Waals surface area contributed by atoms with Crippen LogP contribution in [0.1, 0.15) is 33.1 Å². The van der Waals surface area contributed by atoms with Gasteiger partial charge in [-0.05, 0) is 58.7 Å². The van der Waals surface area contributed by atoms with Gasteiger partial charge in [0.05, 0.1) is 10.9 Å².